The van der Waals surface area contributed by atoms with E-state index in [4.69, 9.17) is 4.42 Å². The Morgan fingerprint density at radius 1 is 0.370 bits per heavy atom. The van der Waals surface area contributed by atoms with Crippen LogP contribution in [0.15, 0.2) is 173 Å². The first kappa shape index (κ1) is 26.2. The molecule has 3 nitrogen and oxygen atoms in total. The van der Waals surface area contributed by atoms with Crippen molar-refractivity contribution in [2.75, 3.05) is 0 Å². The van der Waals surface area contributed by atoms with Gasteiger partial charge in [-0.2, -0.15) is 0 Å². The van der Waals surface area contributed by atoms with Crippen molar-refractivity contribution in [1.82, 2.24) is 4.57 Å². The highest BCUT2D eigenvalue weighted by Crippen LogP contribution is 2.37. The van der Waals surface area contributed by atoms with Crippen LogP contribution in [-0.4, -0.2) is 4.57 Å². The molecule has 0 aliphatic heterocycles. The van der Waals surface area contributed by atoms with Gasteiger partial charge in [0.2, 0.25) is 5.43 Å². The van der Waals surface area contributed by atoms with Gasteiger partial charge in [0, 0.05) is 16.5 Å². The van der Waals surface area contributed by atoms with E-state index in [0.29, 0.717) is 21.9 Å². The second-order valence-corrected chi connectivity index (χ2v) is 11.7. The summed E-state index contributed by atoms with van der Waals surface area (Å²) < 4.78 is 8.50. The van der Waals surface area contributed by atoms with Gasteiger partial charge >= 0.3 is 0 Å². The molecular weight excluding hydrogens is 562 g/mol. The Labute approximate surface area is 265 Å². The van der Waals surface area contributed by atoms with E-state index in [9.17, 15) is 4.79 Å². The number of aromatic nitrogens is 1. The van der Waals surface area contributed by atoms with Crippen LogP contribution in [0.4, 0.5) is 0 Å². The van der Waals surface area contributed by atoms with Gasteiger partial charge in [-0.15, -0.1) is 0 Å². The number of hydrogen-bond donors (Lipinski definition) is 0. The summed E-state index contributed by atoms with van der Waals surface area (Å²) in [5.74, 6) is 0. The highest BCUT2D eigenvalue weighted by atomic mass is 16.3. The second-order valence-electron chi connectivity index (χ2n) is 11.7. The first-order valence-electron chi connectivity index (χ1n) is 15.5. The normalized spacial score (nSPS) is 11.6. The molecular formula is C43H27NO2. The molecule has 0 radical (unpaired) electrons. The zero-order valence-electron chi connectivity index (χ0n) is 24.9. The van der Waals surface area contributed by atoms with Crippen molar-refractivity contribution in [3.8, 4) is 39.1 Å². The van der Waals surface area contributed by atoms with Crippen molar-refractivity contribution in [1.29, 1.82) is 0 Å². The van der Waals surface area contributed by atoms with Crippen LogP contribution in [0.5, 0.6) is 0 Å². The molecule has 7 aromatic carbocycles. The topological polar surface area (TPSA) is 35.1 Å². The number of benzene rings is 7. The molecule has 0 aliphatic carbocycles. The number of nitrogens with zero attached hydrogens (tertiary/aromatic N) is 1. The lowest BCUT2D eigenvalue weighted by molar-refractivity contribution is 0.660. The maximum absolute atomic E-state index is 13.1. The van der Waals surface area contributed by atoms with Crippen molar-refractivity contribution in [3.05, 3.63) is 174 Å². The molecule has 0 atom stereocenters. The molecule has 9 aromatic rings. The summed E-state index contributed by atoms with van der Waals surface area (Å²) in [6, 6.07) is 56.5. The van der Waals surface area contributed by atoms with Crippen molar-refractivity contribution >= 4 is 43.7 Å². The Balaban J connectivity index is 1.19. The molecule has 0 unspecified atom stereocenters. The van der Waals surface area contributed by atoms with E-state index in [2.05, 4.69) is 126 Å². The number of para-hydroxylation sites is 1. The van der Waals surface area contributed by atoms with Gasteiger partial charge in [-0.05, 0) is 94.0 Å². The van der Waals surface area contributed by atoms with E-state index >= 15 is 0 Å². The van der Waals surface area contributed by atoms with Gasteiger partial charge in [0.05, 0.1) is 21.8 Å². The molecule has 3 heteroatoms. The average molecular weight is 590 g/mol. The lowest BCUT2D eigenvalue weighted by Gasteiger charge is -2.11. The largest absolute Gasteiger partial charge is 0.456 e. The molecule has 0 fully saturated rings. The summed E-state index contributed by atoms with van der Waals surface area (Å²) in [5, 5.41) is 3.63. The van der Waals surface area contributed by atoms with Gasteiger partial charge in [-0.1, -0.05) is 103 Å². The van der Waals surface area contributed by atoms with Crippen LogP contribution in [0.25, 0.3) is 82.8 Å². The van der Waals surface area contributed by atoms with Crippen LogP contribution < -0.4 is 5.43 Å². The number of rotatable bonds is 4. The third-order valence-corrected chi connectivity index (χ3v) is 9.02. The summed E-state index contributed by atoms with van der Waals surface area (Å²) in [6.07, 6.45) is 0. The molecule has 9 rings (SSSR count). The van der Waals surface area contributed by atoms with Gasteiger partial charge in [0.15, 0.2) is 0 Å². The Morgan fingerprint density at radius 3 is 1.48 bits per heavy atom. The van der Waals surface area contributed by atoms with E-state index in [1.54, 1.807) is 0 Å². The molecule has 0 N–H and O–H groups in total. The van der Waals surface area contributed by atoms with Crippen LogP contribution in [-0.2, 0) is 0 Å². The Bertz CT molecular complexity index is 2530. The highest BCUT2D eigenvalue weighted by molar-refractivity contribution is 6.11. The fourth-order valence-corrected chi connectivity index (χ4v) is 6.71. The fraction of sp³-hybridized carbons (Fsp3) is 0. The fourth-order valence-electron chi connectivity index (χ4n) is 6.71. The van der Waals surface area contributed by atoms with Crippen LogP contribution in [0.1, 0.15) is 0 Å². The van der Waals surface area contributed by atoms with Crippen molar-refractivity contribution in [2.45, 2.75) is 0 Å². The molecule has 0 saturated heterocycles. The number of fused-ring (bicyclic) bond motifs is 5. The van der Waals surface area contributed by atoms with E-state index in [0.717, 1.165) is 27.8 Å². The predicted molar refractivity (Wildman–Crippen MR) is 191 cm³/mol. The highest BCUT2D eigenvalue weighted by Gasteiger charge is 2.15. The third-order valence-electron chi connectivity index (χ3n) is 9.02. The third kappa shape index (κ3) is 4.25. The molecule has 2 aromatic heterocycles. The van der Waals surface area contributed by atoms with Gasteiger partial charge < -0.3 is 8.98 Å². The lowest BCUT2D eigenvalue weighted by Crippen LogP contribution is -2.01. The molecule has 0 amide bonds. The molecule has 46 heavy (non-hydrogen) atoms. The van der Waals surface area contributed by atoms with Crippen LogP contribution in [0.3, 0.4) is 0 Å². The minimum atomic E-state index is -0.00374. The van der Waals surface area contributed by atoms with Crippen molar-refractivity contribution < 1.29 is 4.42 Å². The monoisotopic (exact) mass is 589 g/mol. The minimum absolute atomic E-state index is 0.00374. The molecule has 0 bridgehead atoms. The summed E-state index contributed by atoms with van der Waals surface area (Å²) in [6.45, 7) is 0. The first-order valence-corrected chi connectivity index (χ1v) is 15.5. The van der Waals surface area contributed by atoms with E-state index < -0.39 is 0 Å². The summed E-state index contributed by atoms with van der Waals surface area (Å²) >= 11 is 0. The predicted octanol–water partition coefficient (Wildman–Crippen LogP) is 11.0. The summed E-state index contributed by atoms with van der Waals surface area (Å²) in [5.41, 5.74) is 11.4. The Morgan fingerprint density at radius 2 is 0.848 bits per heavy atom. The van der Waals surface area contributed by atoms with Gasteiger partial charge in [-0.3, -0.25) is 4.79 Å². The maximum Gasteiger partial charge on any atom is 0.200 e. The molecule has 0 aliphatic rings. The summed E-state index contributed by atoms with van der Waals surface area (Å²) in [4.78, 5) is 13.1. The smallest absolute Gasteiger partial charge is 0.200 e. The SMILES string of the molecule is O=c1c2ccccc2oc2cc(-c3ccc(-n4c5ccc(-c6ccccc6)cc5c5cc(-c6ccccc6)ccc54)cc3)ccc12. The van der Waals surface area contributed by atoms with Gasteiger partial charge in [0.25, 0.3) is 0 Å². The van der Waals surface area contributed by atoms with E-state index in [1.807, 2.05) is 42.5 Å². The summed E-state index contributed by atoms with van der Waals surface area (Å²) in [7, 11) is 0. The van der Waals surface area contributed by atoms with Crippen LogP contribution in [0.2, 0.25) is 0 Å². The minimum Gasteiger partial charge on any atom is -0.456 e. The van der Waals surface area contributed by atoms with E-state index in [-0.39, 0.29) is 5.43 Å². The second kappa shape index (κ2) is 10.5. The van der Waals surface area contributed by atoms with Crippen LogP contribution >= 0.6 is 0 Å². The quantitative estimate of drug-likeness (QED) is 0.191. The molecule has 216 valence electrons. The van der Waals surface area contributed by atoms with Crippen LogP contribution in [0, 0.1) is 0 Å². The molecule has 2 heterocycles. The molecule has 0 saturated carbocycles. The van der Waals surface area contributed by atoms with Crippen molar-refractivity contribution in [2.24, 2.45) is 0 Å². The maximum atomic E-state index is 13.1. The van der Waals surface area contributed by atoms with Gasteiger partial charge in [0.1, 0.15) is 11.2 Å². The average Bonchev–Trinajstić information content (AvgIpc) is 3.45. The zero-order valence-corrected chi connectivity index (χ0v) is 24.9. The zero-order chi connectivity index (χ0) is 30.6. The standard InChI is InChI=1S/C43H27NO2/c45-43-35-13-7-8-14-41(35)46-42-27-33(17-22-36(42)43)30-15-20-34(21-16-30)44-39-23-18-31(28-9-3-1-4-10-28)25-37(39)38-26-32(19-24-40(38)44)29-11-5-2-6-12-29/h1-27H. The van der Waals surface area contributed by atoms with E-state index in [1.165, 1.54) is 33.0 Å². The molecule has 0 spiro atoms. The Hall–Kier alpha value is -6.19. The number of hydrogen-bond acceptors (Lipinski definition) is 2. The first-order chi connectivity index (χ1) is 22.7. The van der Waals surface area contributed by atoms with Gasteiger partial charge in [-0.25, -0.2) is 0 Å². The Kier molecular flexibility index (Phi) is 5.97. The lowest BCUT2D eigenvalue weighted by atomic mass is 10.0. The van der Waals surface area contributed by atoms with Crippen molar-refractivity contribution in [3.63, 3.8) is 0 Å².